The molecular formula is C25H23FN4O4S2. The summed E-state index contributed by atoms with van der Waals surface area (Å²) in [5, 5.41) is 11.6. The van der Waals surface area contributed by atoms with Crippen LogP contribution < -0.4 is 14.4 Å². The van der Waals surface area contributed by atoms with Gasteiger partial charge >= 0.3 is 0 Å². The Kier molecular flexibility index (Phi) is 7.61. The third kappa shape index (κ3) is 5.86. The lowest BCUT2D eigenvalue weighted by Crippen LogP contribution is -2.38. The van der Waals surface area contributed by atoms with Gasteiger partial charge in [-0.3, -0.25) is 14.4 Å². The molecule has 0 bridgehead atoms. The van der Waals surface area contributed by atoms with Gasteiger partial charge in [0.2, 0.25) is 11.0 Å². The lowest BCUT2D eigenvalue weighted by molar-refractivity contribution is -0.114. The van der Waals surface area contributed by atoms with Crippen molar-refractivity contribution in [3.8, 4) is 16.3 Å². The standard InChI is InChI=1S/C25H23FN4O4S2/c1-3-34-21-12-10-20(11-13-21)30(36(32,33)22-14-8-19(26)9-15-22)16-23(31)27-25-29-28-24(35-25)18-6-4-17(2)5-7-18/h4-15H,3,16H2,1-2H3,(H,27,29,31). The largest absolute Gasteiger partial charge is 0.494 e. The molecule has 0 atom stereocenters. The molecule has 0 saturated heterocycles. The fourth-order valence-corrected chi connectivity index (χ4v) is 5.49. The molecule has 4 aromatic rings. The van der Waals surface area contributed by atoms with E-state index in [1.165, 1.54) is 11.3 Å². The Bertz CT molecular complexity index is 1440. The number of rotatable bonds is 9. The van der Waals surface area contributed by atoms with E-state index in [-0.39, 0.29) is 15.7 Å². The topological polar surface area (TPSA) is 101 Å². The Morgan fingerprint density at radius 2 is 1.67 bits per heavy atom. The first-order valence-electron chi connectivity index (χ1n) is 11.0. The molecule has 4 rings (SSSR count). The van der Waals surface area contributed by atoms with Crippen molar-refractivity contribution in [1.29, 1.82) is 0 Å². The van der Waals surface area contributed by atoms with Crippen LogP contribution in [0, 0.1) is 12.7 Å². The van der Waals surface area contributed by atoms with E-state index in [2.05, 4.69) is 15.5 Å². The van der Waals surface area contributed by atoms with Gasteiger partial charge in [0.25, 0.3) is 10.0 Å². The van der Waals surface area contributed by atoms with Crippen molar-refractivity contribution in [2.24, 2.45) is 0 Å². The Labute approximate surface area is 212 Å². The van der Waals surface area contributed by atoms with Gasteiger partial charge in [-0.1, -0.05) is 41.2 Å². The summed E-state index contributed by atoms with van der Waals surface area (Å²) in [5.41, 5.74) is 2.21. The van der Waals surface area contributed by atoms with Gasteiger partial charge in [0, 0.05) is 5.56 Å². The van der Waals surface area contributed by atoms with Gasteiger partial charge in [-0.05, 0) is 62.4 Å². The van der Waals surface area contributed by atoms with Crippen LogP contribution in [0.1, 0.15) is 12.5 Å². The van der Waals surface area contributed by atoms with Crippen molar-refractivity contribution in [3.63, 3.8) is 0 Å². The third-order valence-electron chi connectivity index (χ3n) is 5.09. The van der Waals surface area contributed by atoms with Crippen molar-refractivity contribution in [3.05, 3.63) is 84.2 Å². The second-order valence-corrected chi connectivity index (χ2v) is 10.6. The van der Waals surface area contributed by atoms with E-state index in [0.29, 0.717) is 17.4 Å². The number of aromatic nitrogens is 2. The Balaban J connectivity index is 1.58. The van der Waals surface area contributed by atoms with Gasteiger partial charge in [-0.15, -0.1) is 10.2 Å². The first kappa shape index (κ1) is 25.3. The first-order chi connectivity index (χ1) is 17.3. The number of nitrogens with one attached hydrogen (secondary N) is 1. The first-order valence-corrected chi connectivity index (χ1v) is 13.2. The predicted molar refractivity (Wildman–Crippen MR) is 137 cm³/mol. The van der Waals surface area contributed by atoms with E-state index >= 15 is 0 Å². The molecule has 8 nitrogen and oxygen atoms in total. The van der Waals surface area contributed by atoms with Crippen LogP contribution >= 0.6 is 11.3 Å². The summed E-state index contributed by atoms with van der Waals surface area (Å²) in [5.74, 6) is -0.622. The van der Waals surface area contributed by atoms with Crippen molar-refractivity contribution < 1.29 is 22.3 Å². The number of amides is 1. The molecular weight excluding hydrogens is 503 g/mol. The fraction of sp³-hybridized carbons (Fsp3) is 0.160. The number of benzene rings is 3. The van der Waals surface area contributed by atoms with E-state index < -0.39 is 28.3 Å². The zero-order chi connectivity index (χ0) is 25.7. The molecule has 1 aromatic heterocycles. The minimum Gasteiger partial charge on any atom is -0.494 e. The van der Waals surface area contributed by atoms with Gasteiger partial charge in [-0.25, -0.2) is 12.8 Å². The number of nitrogens with zero attached hydrogens (tertiary/aromatic N) is 3. The minimum absolute atomic E-state index is 0.150. The van der Waals surface area contributed by atoms with E-state index in [4.69, 9.17) is 4.74 Å². The van der Waals surface area contributed by atoms with Gasteiger partial charge in [0.1, 0.15) is 23.1 Å². The van der Waals surface area contributed by atoms with E-state index in [1.54, 1.807) is 24.3 Å². The van der Waals surface area contributed by atoms with E-state index in [0.717, 1.165) is 39.7 Å². The fourth-order valence-electron chi connectivity index (χ4n) is 3.30. The summed E-state index contributed by atoms with van der Waals surface area (Å²) < 4.78 is 46.6. The van der Waals surface area contributed by atoms with Gasteiger partial charge in [0.05, 0.1) is 17.2 Å². The number of carbonyl (C=O) groups is 1. The summed E-state index contributed by atoms with van der Waals surface area (Å²) in [7, 11) is -4.19. The maximum Gasteiger partial charge on any atom is 0.264 e. The van der Waals surface area contributed by atoms with E-state index in [1.807, 2.05) is 38.1 Å². The second kappa shape index (κ2) is 10.8. The third-order valence-corrected chi connectivity index (χ3v) is 7.77. The molecule has 0 unspecified atom stereocenters. The van der Waals surface area contributed by atoms with Crippen LogP contribution in [0.5, 0.6) is 5.75 Å². The molecule has 0 spiro atoms. The molecule has 0 aliphatic carbocycles. The van der Waals surface area contributed by atoms with Gasteiger partial charge in [0.15, 0.2) is 0 Å². The maximum absolute atomic E-state index is 13.4. The zero-order valence-corrected chi connectivity index (χ0v) is 21.1. The maximum atomic E-state index is 13.4. The SMILES string of the molecule is CCOc1ccc(N(CC(=O)Nc2nnc(-c3ccc(C)cc3)s2)S(=O)(=O)c2ccc(F)cc2)cc1. The molecule has 11 heteroatoms. The van der Waals surface area contributed by atoms with Crippen LogP contribution in [0.3, 0.4) is 0 Å². The molecule has 36 heavy (non-hydrogen) atoms. The molecule has 0 radical (unpaired) electrons. The van der Waals surface area contributed by atoms with Gasteiger partial charge < -0.3 is 4.74 Å². The Morgan fingerprint density at radius 3 is 2.31 bits per heavy atom. The van der Waals surface area contributed by atoms with Crippen LogP contribution in [-0.4, -0.2) is 37.7 Å². The lowest BCUT2D eigenvalue weighted by atomic mass is 10.2. The average molecular weight is 527 g/mol. The second-order valence-electron chi connectivity index (χ2n) is 7.72. The van der Waals surface area contributed by atoms with Crippen LogP contribution in [0.25, 0.3) is 10.6 Å². The average Bonchev–Trinajstić information content (AvgIpc) is 3.32. The van der Waals surface area contributed by atoms with E-state index in [9.17, 15) is 17.6 Å². The minimum atomic E-state index is -4.19. The quantitative estimate of drug-likeness (QED) is 0.333. The summed E-state index contributed by atoms with van der Waals surface area (Å²) in [6.45, 7) is 3.73. The smallest absolute Gasteiger partial charge is 0.264 e. The highest BCUT2D eigenvalue weighted by atomic mass is 32.2. The monoisotopic (exact) mass is 526 g/mol. The van der Waals surface area contributed by atoms with Crippen molar-refractivity contribution in [2.45, 2.75) is 18.7 Å². The van der Waals surface area contributed by atoms with Crippen LogP contribution in [0.4, 0.5) is 15.2 Å². The molecule has 0 aliphatic rings. The molecule has 0 aliphatic heterocycles. The molecule has 186 valence electrons. The molecule has 1 N–H and O–H groups in total. The van der Waals surface area contributed by atoms with Crippen LogP contribution in [0.2, 0.25) is 0 Å². The molecule has 0 saturated carbocycles. The number of carbonyl (C=O) groups excluding carboxylic acids is 1. The number of hydrogen-bond acceptors (Lipinski definition) is 7. The van der Waals surface area contributed by atoms with Crippen molar-refractivity contribution >= 4 is 38.1 Å². The van der Waals surface area contributed by atoms with Crippen molar-refractivity contribution in [2.75, 3.05) is 22.8 Å². The molecule has 1 heterocycles. The highest BCUT2D eigenvalue weighted by Gasteiger charge is 2.28. The summed E-state index contributed by atoms with van der Waals surface area (Å²) in [4.78, 5) is 12.8. The Morgan fingerprint density at radius 1 is 1.00 bits per heavy atom. The van der Waals surface area contributed by atoms with Crippen molar-refractivity contribution in [1.82, 2.24) is 10.2 Å². The number of halogens is 1. The summed E-state index contributed by atoms with van der Waals surface area (Å²) >= 11 is 1.18. The van der Waals surface area contributed by atoms with Crippen LogP contribution in [0.15, 0.2) is 77.7 Å². The van der Waals surface area contributed by atoms with Crippen LogP contribution in [-0.2, 0) is 14.8 Å². The number of aryl methyl sites for hydroxylation is 1. The highest BCUT2D eigenvalue weighted by Crippen LogP contribution is 2.28. The number of anilines is 2. The van der Waals surface area contributed by atoms with Gasteiger partial charge in [-0.2, -0.15) is 0 Å². The summed E-state index contributed by atoms with van der Waals surface area (Å²) in [6.07, 6.45) is 0. The number of sulfonamides is 1. The molecule has 1 amide bonds. The number of hydrogen-bond donors (Lipinski definition) is 1. The lowest BCUT2D eigenvalue weighted by Gasteiger charge is -2.24. The Hall–Kier alpha value is -3.83. The predicted octanol–water partition coefficient (Wildman–Crippen LogP) is 4.89. The molecule has 3 aromatic carbocycles. The molecule has 0 fully saturated rings. The summed E-state index contributed by atoms with van der Waals surface area (Å²) in [6, 6.07) is 18.4. The normalized spacial score (nSPS) is 11.2. The highest BCUT2D eigenvalue weighted by molar-refractivity contribution is 7.92. The zero-order valence-electron chi connectivity index (χ0n) is 19.5. The number of ether oxygens (including phenoxy) is 1.